The van der Waals surface area contributed by atoms with Crippen molar-refractivity contribution in [2.75, 3.05) is 7.11 Å². The number of fused-ring (bicyclic) bond motifs is 1. The molecule has 2 N–H and O–H groups in total. The minimum absolute atomic E-state index is 0.142. The Labute approximate surface area is 177 Å². The number of hydrogen-bond acceptors (Lipinski definition) is 4. The number of carbonyl (C=O) groups excluding carboxylic acids is 1. The minimum atomic E-state index is -0.142. The van der Waals surface area contributed by atoms with Gasteiger partial charge >= 0.3 is 0 Å². The lowest BCUT2D eigenvalue weighted by Gasteiger charge is -2.22. The van der Waals surface area contributed by atoms with E-state index >= 15 is 0 Å². The van der Waals surface area contributed by atoms with E-state index in [1.807, 2.05) is 36.4 Å². The van der Waals surface area contributed by atoms with Crippen molar-refractivity contribution in [3.05, 3.63) is 65.4 Å². The number of carbonyl (C=O) groups is 1. The molecule has 2 aromatic carbocycles. The van der Waals surface area contributed by atoms with E-state index in [0.29, 0.717) is 23.6 Å². The third kappa shape index (κ3) is 4.51. The van der Waals surface area contributed by atoms with Crippen LogP contribution in [0.5, 0.6) is 5.75 Å². The third-order valence-electron chi connectivity index (χ3n) is 6.02. The summed E-state index contributed by atoms with van der Waals surface area (Å²) in [4.78, 5) is 12.8. The molecule has 0 aliphatic heterocycles. The van der Waals surface area contributed by atoms with E-state index in [1.165, 1.54) is 24.8 Å². The maximum absolute atomic E-state index is 12.8. The lowest BCUT2D eigenvalue weighted by atomic mass is 9.95. The van der Waals surface area contributed by atoms with Crippen LogP contribution in [0, 0.1) is 0 Å². The number of ether oxygens (including phenoxy) is 1. The highest BCUT2D eigenvalue weighted by Crippen LogP contribution is 2.32. The molecule has 1 aromatic heterocycles. The molecular formula is C25H30N2O3. The first-order chi connectivity index (χ1) is 14.7. The van der Waals surface area contributed by atoms with Gasteiger partial charge in [-0.15, -0.1) is 0 Å². The van der Waals surface area contributed by atoms with Gasteiger partial charge in [-0.05, 0) is 43.0 Å². The van der Waals surface area contributed by atoms with E-state index < -0.39 is 0 Å². The molecule has 158 valence electrons. The van der Waals surface area contributed by atoms with Crippen molar-refractivity contribution in [1.82, 2.24) is 10.6 Å². The van der Waals surface area contributed by atoms with Crippen molar-refractivity contribution in [2.45, 2.75) is 57.7 Å². The summed E-state index contributed by atoms with van der Waals surface area (Å²) in [7, 11) is 1.62. The highest BCUT2D eigenvalue weighted by molar-refractivity contribution is 5.98. The smallest absolute Gasteiger partial charge is 0.287 e. The maximum Gasteiger partial charge on any atom is 0.287 e. The summed E-state index contributed by atoms with van der Waals surface area (Å²) >= 11 is 0. The summed E-state index contributed by atoms with van der Waals surface area (Å²) in [5.74, 6) is 0.843. The first kappa shape index (κ1) is 20.5. The molecule has 30 heavy (non-hydrogen) atoms. The number of furan rings is 1. The van der Waals surface area contributed by atoms with Gasteiger partial charge in [0.2, 0.25) is 0 Å². The number of benzene rings is 2. The van der Waals surface area contributed by atoms with Gasteiger partial charge in [0.05, 0.1) is 7.11 Å². The topological polar surface area (TPSA) is 63.5 Å². The molecular weight excluding hydrogens is 376 g/mol. The molecule has 0 spiro atoms. The normalized spacial score (nSPS) is 15.8. The summed E-state index contributed by atoms with van der Waals surface area (Å²) in [6, 6.07) is 16.6. The monoisotopic (exact) mass is 406 g/mol. The molecule has 5 heteroatoms. The Morgan fingerprint density at radius 3 is 2.63 bits per heavy atom. The SMILES string of the molecule is COc1ccc(CN[C@@H](C)c2ccccc2)c2cc(C(=O)NC3CCCCC3)oc12. The lowest BCUT2D eigenvalue weighted by molar-refractivity contribution is 0.0901. The van der Waals surface area contributed by atoms with Crippen LogP contribution in [0.2, 0.25) is 0 Å². The van der Waals surface area contributed by atoms with Crippen molar-refractivity contribution < 1.29 is 13.9 Å². The van der Waals surface area contributed by atoms with Crippen LogP contribution in [0.4, 0.5) is 0 Å². The largest absolute Gasteiger partial charge is 0.493 e. The second kappa shape index (κ2) is 9.35. The van der Waals surface area contributed by atoms with Crippen LogP contribution in [-0.2, 0) is 6.54 Å². The van der Waals surface area contributed by atoms with Gasteiger partial charge in [0, 0.05) is 24.0 Å². The lowest BCUT2D eigenvalue weighted by Crippen LogP contribution is -2.35. The molecule has 3 aromatic rings. The number of methoxy groups -OCH3 is 1. The number of rotatable bonds is 7. The predicted molar refractivity (Wildman–Crippen MR) is 119 cm³/mol. The first-order valence-electron chi connectivity index (χ1n) is 10.8. The van der Waals surface area contributed by atoms with Crippen LogP contribution in [0.1, 0.15) is 66.8 Å². The minimum Gasteiger partial charge on any atom is -0.493 e. The van der Waals surface area contributed by atoms with Crippen molar-refractivity contribution in [3.63, 3.8) is 0 Å². The molecule has 5 nitrogen and oxygen atoms in total. The number of amides is 1. The average molecular weight is 407 g/mol. The van der Waals surface area contributed by atoms with Crippen molar-refractivity contribution in [2.24, 2.45) is 0 Å². The van der Waals surface area contributed by atoms with Crippen LogP contribution in [-0.4, -0.2) is 19.1 Å². The fourth-order valence-corrected chi connectivity index (χ4v) is 4.21. The fourth-order valence-electron chi connectivity index (χ4n) is 4.21. The Morgan fingerprint density at radius 2 is 1.90 bits per heavy atom. The van der Waals surface area contributed by atoms with Gasteiger partial charge in [0.1, 0.15) is 0 Å². The molecule has 4 rings (SSSR count). The Balaban J connectivity index is 1.54. The third-order valence-corrected chi connectivity index (χ3v) is 6.02. The van der Waals surface area contributed by atoms with Gasteiger partial charge in [-0.1, -0.05) is 55.7 Å². The van der Waals surface area contributed by atoms with E-state index in [0.717, 1.165) is 23.8 Å². The standard InChI is InChI=1S/C25H30N2O3/c1-17(18-9-5-3-6-10-18)26-16-19-13-14-22(29-2)24-21(19)15-23(30-24)25(28)27-20-11-7-4-8-12-20/h3,5-6,9-10,13-15,17,20,26H,4,7-8,11-12,16H2,1-2H3,(H,27,28)/t17-/m0/s1. The Hall–Kier alpha value is -2.79. The molecule has 1 atom stereocenters. The molecule has 0 unspecified atom stereocenters. The van der Waals surface area contributed by atoms with E-state index in [-0.39, 0.29) is 18.0 Å². The Kier molecular flexibility index (Phi) is 6.38. The summed E-state index contributed by atoms with van der Waals surface area (Å²) < 4.78 is 11.4. The fraction of sp³-hybridized carbons (Fsp3) is 0.400. The molecule has 1 aliphatic carbocycles. The van der Waals surface area contributed by atoms with E-state index in [2.05, 4.69) is 29.7 Å². The zero-order valence-electron chi connectivity index (χ0n) is 17.7. The molecule has 0 saturated heterocycles. The van der Waals surface area contributed by atoms with Crippen LogP contribution >= 0.6 is 0 Å². The predicted octanol–water partition coefficient (Wildman–Crippen LogP) is 5.35. The van der Waals surface area contributed by atoms with Gasteiger partial charge in [-0.25, -0.2) is 0 Å². The zero-order valence-corrected chi connectivity index (χ0v) is 17.7. The molecule has 1 aliphatic rings. The van der Waals surface area contributed by atoms with E-state index in [1.54, 1.807) is 7.11 Å². The van der Waals surface area contributed by atoms with Crippen molar-refractivity contribution in [3.8, 4) is 5.75 Å². The average Bonchev–Trinajstić information content (AvgIpc) is 3.24. The van der Waals surface area contributed by atoms with Gasteiger partial charge < -0.3 is 19.8 Å². The Morgan fingerprint density at radius 1 is 1.13 bits per heavy atom. The second-order valence-corrected chi connectivity index (χ2v) is 8.10. The molecule has 0 bridgehead atoms. The van der Waals surface area contributed by atoms with Crippen LogP contribution < -0.4 is 15.4 Å². The van der Waals surface area contributed by atoms with E-state index in [4.69, 9.17) is 9.15 Å². The van der Waals surface area contributed by atoms with Gasteiger partial charge in [0.15, 0.2) is 17.1 Å². The van der Waals surface area contributed by atoms with Crippen LogP contribution in [0.15, 0.2) is 52.9 Å². The molecule has 1 heterocycles. The molecule has 1 fully saturated rings. The maximum atomic E-state index is 12.8. The molecule has 0 radical (unpaired) electrons. The van der Waals surface area contributed by atoms with E-state index in [9.17, 15) is 4.79 Å². The molecule has 1 saturated carbocycles. The summed E-state index contributed by atoms with van der Waals surface area (Å²) in [5, 5.41) is 7.61. The summed E-state index contributed by atoms with van der Waals surface area (Å²) in [6.45, 7) is 2.81. The highest BCUT2D eigenvalue weighted by Gasteiger charge is 2.21. The number of nitrogens with one attached hydrogen (secondary N) is 2. The summed E-state index contributed by atoms with van der Waals surface area (Å²) in [6.07, 6.45) is 5.69. The quantitative estimate of drug-likeness (QED) is 0.555. The first-order valence-corrected chi connectivity index (χ1v) is 10.8. The van der Waals surface area contributed by atoms with Crippen LogP contribution in [0.25, 0.3) is 11.0 Å². The van der Waals surface area contributed by atoms with Crippen molar-refractivity contribution >= 4 is 16.9 Å². The summed E-state index contributed by atoms with van der Waals surface area (Å²) in [5.41, 5.74) is 2.94. The van der Waals surface area contributed by atoms with Gasteiger partial charge in [-0.3, -0.25) is 4.79 Å². The zero-order chi connectivity index (χ0) is 20.9. The van der Waals surface area contributed by atoms with Gasteiger partial charge in [-0.2, -0.15) is 0 Å². The highest BCUT2D eigenvalue weighted by atomic mass is 16.5. The van der Waals surface area contributed by atoms with Crippen molar-refractivity contribution in [1.29, 1.82) is 0 Å². The van der Waals surface area contributed by atoms with Crippen LogP contribution in [0.3, 0.4) is 0 Å². The Bertz CT molecular complexity index is 990. The molecule has 1 amide bonds. The van der Waals surface area contributed by atoms with Gasteiger partial charge in [0.25, 0.3) is 5.91 Å². The second-order valence-electron chi connectivity index (χ2n) is 8.10. The number of hydrogen-bond donors (Lipinski definition) is 2.